The van der Waals surface area contributed by atoms with Gasteiger partial charge in [-0.25, -0.2) is 18.5 Å². The Kier molecular flexibility index (Phi) is 5.23. The molecule has 13 heteroatoms. The highest BCUT2D eigenvalue weighted by molar-refractivity contribution is 6.34. The summed E-state index contributed by atoms with van der Waals surface area (Å²) < 4.78 is 57.6. The number of carbonyl (C=O) groups is 1. The van der Waals surface area contributed by atoms with Crippen molar-refractivity contribution < 1.29 is 31.9 Å². The Balaban J connectivity index is 2.12. The van der Waals surface area contributed by atoms with E-state index < -0.39 is 46.2 Å². The van der Waals surface area contributed by atoms with Crippen molar-refractivity contribution in [2.45, 2.75) is 25.1 Å². The maximum absolute atomic E-state index is 14.5. The number of rotatable bonds is 3. The number of halogens is 5. The molecule has 30 heavy (non-hydrogen) atoms. The van der Waals surface area contributed by atoms with E-state index in [4.69, 9.17) is 16.4 Å². The fraction of sp³-hybridized carbons (Fsp3) is 0.294. The van der Waals surface area contributed by atoms with Gasteiger partial charge in [0.2, 0.25) is 5.60 Å². The Labute approximate surface area is 169 Å². The number of H-pyrrole nitrogens is 1. The van der Waals surface area contributed by atoms with Crippen LogP contribution in [0.3, 0.4) is 0 Å². The third-order valence-corrected chi connectivity index (χ3v) is 4.62. The van der Waals surface area contributed by atoms with Crippen LogP contribution in [0.4, 0.5) is 17.6 Å². The Morgan fingerprint density at radius 3 is 2.57 bits per heavy atom. The summed E-state index contributed by atoms with van der Waals surface area (Å²) in [5.74, 6) is -1.89. The summed E-state index contributed by atoms with van der Waals surface area (Å²) in [5, 5.41) is 3.54. The SMILES string of the molecule is COC(=O)C1(C)CC(c2cc(-n3c(=O)cc(C(F)(F)F)[nH]c3=O)c(F)cc2Cl)=NO1. The zero-order valence-electron chi connectivity index (χ0n) is 15.3. The van der Waals surface area contributed by atoms with Crippen LogP contribution in [0.1, 0.15) is 24.6 Å². The molecule has 1 aliphatic heterocycles. The summed E-state index contributed by atoms with van der Waals surface area (Å²) in [4.78, 5) is 42.7. The Morgan fingerprint density at radius 2 is 2.00 bits per heavy atom. The number of nitrogens with zero attached hydrogens (tertiary/aromatic N) is 2. The first-order valence-electron chi connectivity index (χ1n) is 8.14. The van der Waals surface area contributed by atoms with Crippen molar-refractivity contribution in [3.05, 3.63) is 61.1 Å². The fourth-order valence-electron chi connectivity index (χ4n) is 2.82. The topological polar surface area (TPSA) is 103 Å². The van der Waals surface area contributed by atoms with Crippen LogP contribution in [0, 0.1) is 5.82 Å². The molecule has 1 aromatic carbocycles. The van der Waals surface area contributed by atoms with E-state index in [1.165, 1.54) is 11.9 Å². The molecule has 0 saturated carbocycles. The molecule has 1 atom stereocenters. The van der Waals surface area contributed by atoms with Crippen LogP contribution >= 0.6 is 11.6 Å². The van der Waals surface area contributed by atoms with Crippen molar-refractivity contribution in [3.63, 3.8) is 0 Å². The Morgan fingerprint density at radius 1 is 1.33 bits per heavy atom. The van der Waals surface area contributed by atoms with Crippen LogP contribution in [0.5, 0.6) is 0 Å². The van der Waals surface area contributed by atoms with Gasteiger partial charge < -0.3 is 14.6 Å². The molecule has 1 aliphatic rings. The van der Waals surface area contributed by atoms with Crippen molar-refractivity contribution in [1.29, 1.82) is 0 Å². The average molecular weight is 450 g/mol. The lowest BCUT2D eigenvalue weighted by Gasteiger charge is -2.17. The second-order valence-electron chi connectivity index (χ2n) is 6.47. The van der Waals surface area contributed by atoms with E-state index in [9.17, 15) is 31.9 Å². The van der Waals surface area contributed by atoms with E-state index in [2.05, 4.69) is 9.89 Å². The van der Waals surface area contributed by atoms with E-state index in [0.717, 1.165) is 19.2 Å². The molecule has 1 aromatic heterocycles. The maximum atomic E-state index is 14.5. The molecule has 0 fully saturated rings. The molecule has 8 nitrogen and oxygen atoms in total. The number of ether oxygens (including phenoxy) is 1. The van der Waals surface area contributed by atoms with Crippen LogP contribution in [0.25, 0.3) is 5.69 Å². The fourth-order valence-corrected chi connectivity index (χ4v) is 3.08. The number of carbonyl (C=O) groups excluding carboxylic acids is 1. The minimum absolute atomic E-state index is 0.00638. The molecular formula is C17H12ClF4N3O5. The lowest BCUT2D eigenvalue weighted by molar-refractivity contribution is -0.164. The van der Waals surface area contributed by atoms with Crippen molar-refractivity contribution in [2.24, 2.45) is 5.16 Å². The highest BCUT2D eigenvalue weighted by Crippen LogP contribution is 2.32. The van der Waals surface area contributed by atoms with Crippen molar-refractivity contribution in [2.75, 3.05) is 7.11 Å². The second-order valence-corrected chi connectivity index (χ2v) is 6.88. The minimum Gasteiger partial charge on any atom is -0.466 e. The average Bonchev–Trinajstić information content (AvgIpc) is 3.04. The van der Waals surface area contributed by atoms with Crippen LogP contribution in [-0.4, -0.2) is 33.9 Å². The van der Waals surface area contributed by atoms with Crippen LogP contribution in [0.2, 0.25) is 5.02 Å². The van der Waals surface area contributed by atoms with Gasteiger partial charge in [0.15, 0.2) is 0 Å². The zero-order chi connectivity index (χ0) is 22.4. The smallest absolute Gasteiger partial charge is 0.431 e. The molecule has 2 heterocycles. The predicted octanol–water partition coefficient (Wildman–Crippen LogP) is 2.39. The van der Waals surface area contributed by atoms with Crippen molar-refractivity contribution in [3.8, 4) is 5.69 Å². The number of methoxy groups -OCH3 is 1. The third-order valence-electron chi connectivity index (χ3n) is 4.31. The summed E-state index contributed by atoms with van der Waals surface area (Å²) in [5.41, 5.74) is -6.56. The number of aromatic amines is 1. The van der Waals surface area contributed by atoms with E-state index in [1.54, 1.807) is 0 Å². The van der Waals surface area contributed by atoms with Crippen molar-refractivity contribution in [1.82, 2.24) is 9.55 Å². The van der Waals surface area contributed by atoms with Gasteiger partial charge in [-0.1, -0.05) is 16.8 Å². The van der Waals surface area contributed by atoms with Crippen molar-refractivity contribution >= 4 is 23.3 Å². The largest absolute Gasteiger partial charge is 0.466 e. The van der Waals surface area contributed by atoms with Gasteiger partial charge in [-0.2, -0.15) is 13.2 Å². The standard InChI is InChI=1S/C17H12ClF4N3O5/c1-16(14(27)29-2)6-10(24-30-16)7-3-11(9(19)4-8(7)18)25-13(26)5-12(17(20,21)22)23-15(25)28/h3-5H,6H2,1-2H3,(H,23,28). The second kappa shape index (κ2) is 7.27. The first-order valence-corrected chi connectivity index (χ1v) is 8.52. The van der Waals surface area contributed by atoms with E-state index >= 15 is 0 Å². The van der Waals surface area contributed by atoms with E-state index in [0.29, 0.717) is 0 Å². The Hall–Kier alpha value is -3.15. The number of nitrogens with one attached hydrogen (secondary N) is 1. The number of benzene rings is 1. The van der Waals surface area contributed by atoms with Crippen LogP contribution in [0.15, 0.2) is 32.9 Å². The molecule has 160 valence electrons. The lowest BCUT2D eigenvalue weighted by atomic mass is 9.95. The van der Waals surface area contributed by atoms with Crippen LogP contribution in [-0.2, 0) is 20.5 Å². The van der Waals surface area contributed by atoms with E-state index in [-0.39, 0.29) is 33.4 Å². The summed E-state index contributed by atoms with van der Waals surface area (Å²) in [6.45, 7) is 1.39. The number of hydrogen-bond donors (Lipinski definition) is 1. The Bertz CT molecular complexity index is 1160. The van der Waals surface area contributed by atoms with Crippen LogP contribution < -0.4 is 11.2 Å². The molecule has 2 aromatic rings. The quantitative estimate of drug-likeness (QED) is 0.572. The lowest BCUT2D eigenvalue weighted by Crippen LogP contribution is -2.37. The zero-order valence-corrected chi connectivity index (χ0v) is 16.0. The number of esters is 1. The molecule has 0 saturated heterocycles. The molecule has 3 rings (SSSR count). The van der Waals surface area contributed by atoms with Gasteiger partial charge in [-0.3, -0.25) is 4.79 Å². The summed E-state index contributed by atoms with van der Waals surface area (Å²) in [6.07, 6.45) is -5.11. The molecule has 1 N–H and O–H groups in total. The molecule has 1 unspecified atom stereocenters. The van der Waals surface area contributed by atoms with Gasteiger partial charge in [-0.15, -0.1) is 0 Å². The van der Waals surface area contributed by atoms with E-state index in [1.807, 2.05) is 0 Å². The maximum Gasteiger partial charge on any atom is 0.431 e. The summed E-state index contributed by atoms with van der Waals surface area (Å²) >= 11 is 6.03. The summed E-state index contributed by atoms with van der Waals surface area (Å²) in [7, 11) is 1.14. The van der Waals surface area contributed by atoms with Gasteiger partial charge in [0.25, 0.3) is 5.56 Å². The monoisotopic (exact) mass is 449 g/mol. The first kappa shape index (κ1) is 21.6. The molecule has 0 bridgehead atoms. The number of aromatic nitrogens is 2. The predicted molar refractivity (Wildman–Crippen MR) is 95.3 cm³/mol. The molecule has 0 aliphatic carbocycles. The van der Waals surface area contributed by atoms with Gasteiger partial charge in [0.05, 0.1) is 23.5 Å². The molecular weight excluding hydrogens is 438 g/mol. The normalized spacial score (nSPS) is 18.7. The first-order chi connectivity index (χ1) is 13.9. The number of alkyl halides is 3. The third kappa shape index (κ3) is 3.70. The van der Waals surface area contributed by atoms with Gasteiger partial charge in [0.1, 0.15) is 11.5 Å². The van der Waals surface area contributed by atoms with Gasteiger partial charge in [0, 0.05) is 18.1 Å². The summed E-state index contributed by atoms with van der Waals surface area (Å²) in [6, 6.07) is 1.83. The minimum atomic E-state index is -4.98. The molecule has 0 radical (unpaired) electrons. The van der Waals surface area contributed by atoms with Gasteiger partial charge >= 0.3 is 17.8 Å². The highest BCUT2D eigenvalue weighted by Gasteiger charge is 2.44. The number of hydrogen-bond acceptors (Lipinski definition) is 6. The highest BCUT2D eigenvalue weighted by atomic mass is 35.5. The number of oxime groups is 1. The molecule has 0 spiro atoms. The molecule has 0 amide bonds. The van der Waals surface area contributed by atoms with Gasteiger partial charge in [-0.05, 0) is 19.1 Å².